The standard InChI is InChI=1S/C13H25NO2/c1-4-13(2,3)12(15)14(16)10-11-8-6-5-7-9-11/h11,16H,4-10H2,1-3H3. The van der Waals surface area contributed by atoms with E-state index in [2.05, 4.69) is 0 Å². The van der Waals surface area contributed by atoms with Crippen LogP contribution in [0.25, 0.3) is 0 Å². The van der Waals surface area contributed by atoms with Crippen LogP contribution in [0.1, 0.15) is 59.3 Å². The highest BCUT2D eigenvalue weighted by Crippen LogP contribution is 2.27. The lowest BCUT2D eigenvalue weighted by Gasteiger charge is -2.30. The first kappa shape index (κ1) is 13.5. The summed E-state index contributed by atoms with van der Waals surface area (Å²) in [6, 6.07) is 0. The molecule has 1 aliphatic carbocycles. The van der Waals surface area contributed by atoms with Gasteiger partial charge in [0.2, 0.25) is 0 Å². The Hall–Kier alpha value is -0.570. The summed E-state index contributed by atoms with van der Waals surface area (Å²) in [5.74, 6) is 0.357. The first-order valence-corrected chi connectivity index (χ1v) is 6.48. The first-order valence-electron chi connectivity index (χ1n) is 6.48. The molecule has 94 valence electrons. The van der Waals surface area contributed by atoms with Gasteiger partial charge in [-0.15, -0.1) is 0 Å². The maximum absolute atomic E-state index is 11.9. The van der Waals surface area contributed by atoms with E-state index in [1.807, 2.05) is 20.8 Å². The van der Waals surface area contributed by atoms with E-state index < -0.39 is 5.41 Å². The van der Waals surface area contributed by atoms with Gasteiger partial charge in [0.25, 0.3) is 5.91 Å². The lowest BCUT2D eigenvalue weighted by Crippen LogP contribution is -2.41. The monoisotopic (exact) mass is 227 g/mol. The van der Waals surface area contributed by atoms with E-state index in [0.29, 0.717) is 12.5 Å². The van der Waals surface area contributed by atoms with Crippen LogP contribution in [0.5, 0.6) is 0 Å². The number of rotatable bonds is 4. The number of hydrogen-bond donors (Lipinski definition) is 1. The zero-order valence-electron chi connectivity index (χ0n) is 10.8. The third kappa shape index (κ3) is 3.48. The Morgan fingerprint density at radius 3 is 2.38 bits per heavy atom. The van der Waals surface area contributed by atoms with Crippen LogP contribution in [0, 0.1) is 11.3 Å². The molecule has 0 radical (unpaired) electrons. The summed E-state index contributed by atoms with van der Waals surface area (Å²) < 4.78 is 0. The predicted octanol–water partition coefficient (Wildman–Crippen LogP) is 3.22. The molecule has 0 aromatic carbocycles. The van der Waals surface area contributed by atoms with Gasteiger partial charge in [0.15, 0.2) is 0 Å². The maximum Gasteiger partial charge on any atom is 0.251 e. The molecule has 0 unspecified atom stereocenters. The molecule has 0 bridgehead atoms. The van der Waals surface area contributed by atoms with Crippen LogP contribution in [-0.2, 0) is 4.79 Å². The molecular formula is C13H25NO2. The fourth-order valence-corrected chi connectivity index (χ4v) is 2.20. The highest BCUT2D eigenvalue weighted by Gasteiger charge is 2.31. The van der Waals surface area contributed by atoms with Crippen molar-refractivity contribution in [3.63, 3.8) is 0 Å². The Labute approximate surface area is 98.8 Å². The number of hydroxylamine groups is 2. The van der Waals surface area contributed by atoms with Crippen molar-refractivity contribution in [3.05, 3.63) is 0 Å². The molecule has 0 aromatic rings. The van der Waals surface area contributed by atoms with Gasteiger partial charge >= 0.3 is 0 Å². The van der Waals surface area contributed by atoms with Gasteiger partial charge < -0.3 is 0 Å². The molecule has 3 nitrogen and oxygen atoms in total. The predicted molar refractivity (Wildman–Crippen MR) is 64.1 cm³/mol. The van der Waals surface area contributed by atoms with E-state index in [9.17, 15) is 10.0 Å². The van der Waals surface area contributed by atoms with Crippen LogP contribution >= 0.6 is 0 Å². The van der Waals surface area contributed by atoms with Crippen LogP contribution in [0.2, 0.25) is 0 Å². The van der Waals surface area contributed by atoms with Crippen molar-refractivity contribution in [1.82, 2.24) is 5.06 Å². The minimum Gasteiger partial charge on any atom is -0.286 e. The van der Waals surface area contributed by atoms with E-state index in [1.165, 1.54) is 19.3 Å². The molecule has 1 aliphatic rings. The summed E-state index contributed by atoms with van der Waals surface area (Å²) in [4.78, 5) is 11.9. The Morgan fingerprint density at radius 1 is 1.31 bits per heavy atom. The molecule has 0 spiro atoms. The molecule has 3 heteroatoms. The molecule has 1 saturated carbocycles. The summed E-state index contributed by atoms with van der Waals surface area (Å²) >= 11 is 0. The fraction of sp³-hybridized carbons (Fsp3) is 0.923. The summed E-state index contributed by atoms with van der Waals surface area (Å²) in [7, 11) is 0. The second-order valence-corrected chi connectivity index (χ2v) is 5.63. The molecule has 0 saturated heterocycles. The van der Waals surface area contributed by atoms with Gasteiger partial charge in [0.05, 0.1) is 6.54 Å². The SMILES string of the molecule is CCC(C)(C)C(=O)N(O)CC1CCCCC1. The van der Waals surface area contributed by atoms with E-state index in [0.717, 1.165) is 24.3 Å². The fourth-order valence-electron chi connectivity index (χ4n) is 2.20. The smallest absolute Gasteiger partial charge is 0.251 e. The Morgan fingerprint density at radius 2 is 1.88 bits per heavy atom. The van der Waals surface area contributed by atoms with Crippen molar-refractivity contribution in [2.75, 3.05) is 6.54 Å². The number of nitrogens with zero attached hydrogens (tertiary/aromatic N) is 1. The number of hydrogen-bond acceptors (Lipinski definition) is 2. The molecule has 1 N–H and O–H groups in total. The van der Waals surface area contributed by atoms with Crippen LogP contribution in [0.4, 0.5) is 0 Å². The van der Waals surface area contributed by atoms with E-state index >= 15 is 0 Å². The summed E-state index contributed by atoms with van der Waals surface area (Å²) in [5, 5.41) is 10.8. The molecule has 1 fully saturated rings. The Bertz CT molecular complexity index is 232. The van der Waals surface area contributed by atoms with Gasteiger partial charge in [-0.3, -0.25) is 10.0 Å². The zero-order valence-corrected chi connectivity index (χ0v) is 10.8. The van der Waals surface area contributed by atoms with E-state index in [4.69, 9.17) is 0 Å². The Balaban J connectivity index is 2.44. The average molecular weight is 227 g/mol. The van der Waals surface area contributed by atoms with Gasteiger partial charge in [0.1, 0.15) is 0 Å². The van der Waals surface area contributed by atoms with Crippen LogP contribution in [-0.4, -0.2) is 22.7 Å². The van der Waals surface area contributed by atoms with Gasteiger partial charge in [-0.2, -0.15) is 0 Å². The average Bonchev–Trinajstić information content (AvgIpc) is 2.29. The van der Waals surface area contributed by atoms with Crippen molar-refractivity contribution < 1.29 is 10.0 Å². The second kappa shape index (κ2) is 5.67. The minimum absolute atomic E-state index is 0.138. The highest BCUT2D eigenvalue weighted by molar-refractivity contribution is 5.80. The first-order chi connectivity index (χ1) is 7.47. The topological polar surface area (TPSA) is 40.5 Å². The van der Waals surface area contributed by atoms with Gasteiger partial charge in [0, 0.05) is 5.41 Å². The molecule has 16 heavy (non-hydrogen) atoms. The van der Waals surface area contributed by atoms with Crippen LogP contribution < -0.4 is 0 Å². The van der Waals surface area contributed by atoms with Crippen molar-refractivity contribution >= 4 is 5.91 Å². The largest absolute Gasteiger partial charge is 0.286 e. The second-order valence-electron chi connectivity index (χ2n) is 5.63. The third-order valence-electron chi connectivity index (χ3n) is 3.85. The maximum atomic E-state index is 11.9. The summed E-state index contributed by atoms with van der Waals surface area (Å²) in [6.07, 6.45) is 6.84. The molecule has 1 amide bonds. The zero-order chi connectivity index (χ0) is 12.2. The van der Waals surface area contributed by atoms with Crippen molar-refractivity contribution in [3.8, 4) is 0 Å². The number of carbonyl (C=O) groups excluding carboxylic acids is 1. The van der Waals surface area contributed by atoms with Crippen LogP contribution in [0.15, 0.2) is 0 Å². The summed E-state index contributed by atoms with van der Waals surface area (Å²) in [5.41, 5.74) is -0.441. The number of carbonyl (C=O) groups is 1. The lowest BCUT2D eigenvalue weighted by molar-refractivity contribution is -0.178. The molecule has 0 aromatic heterocycles. The van der Waals surface area contributed by atoms with E-state index in [-0.39, 0.29) is 5.91 Å². The normalized spacial score (nSPS) is 18.5. The minimum atomic E-state index is -0.441. The number of amides is 1. The molecule has 1 rings (SSSR count). The lowest BCUT2D eigenvalue weighted by atomic mass is 9.87. The van der Waals surface area contributed by atoms with Crippen molar-refractivity contribution in [2.45, 2.75) is 59.3 Å². The molecule has 0 atom stereocenters. The van der Waals surface area contributed by atoms with Crippen LogP contribution in [0.3, 0.4) is 0 Å². The van der Waals surface area contributed by atoms with E-state index in [1.54, 1.807) is 0 Å². The van der Waals surface area contributed by atoms with Gasteiger partial charge in [-0.05, 0) is 25.2 Å². The Kier molecular flexibility index (Phi) is 4.78. The quantitative estimate of drug-likeness (QED) is 0.591. The van der Waals surface area contributed by atoms with Gasteiger partial charge in [-0.25, -0.2) is 5.06 Å². The van der Waals surface area contributed by atoms with Crippen molar-refractivity contribution in [1.29, 1.82) is 0 Å². The summed E-state index contributed by atoms with van der Waals surface area (Å²) in [6.45, 7) is 6.27. The molecule has 0 aliphatic heterocycles. The highest BCUT2D eigenvalue weighted by atomic mass is 16.5. The third-order valence-corrected chi connectivity index (χ3v) is 3.85. The van der Waals surface area contributed by atoms with Crippen molar-refractivity contribution in [2.24, 2.45) is 11.3 Å². The molecular weight excluding hydrogens is 202 g/mol. The van der Waals surface area contributed by atoms with Gasteiger partial charge in [-0.1, -0.05) is 40.0 Å². The molecule has 0 heterocycles.